The summed E-state index contributed by atoms with van der Waals surface area (Å²) in [5.41, 5.74) is 0. The van der Waals surface area contributed by atoms with Crippen LogP contribution in [0.2, 0.25) is 0 Å². The summed E-state index contributed by atoms with van der Waals surface area (Å²) >= 11 is 1.60. The summed E-state index contributed by atoms with van der Waals surface area (Å²) < 4.78 is 5.20. The Bertz CT molecular complexity index is 598. The molecule has 1 heterocycles. The van der Waals surface area contributed by atoms with Gasteiger partial charge in [0.05, 0.1) is 12.0 Å². The van der Waals surface area contributed by atoms with Crippen LogP contribution in [0.15, 0.2) is 17.0 Å². The molecule has 1 rings (SSSR count). The van der Waals surface area contributed by atoms with Gasteiger partial charge in [0, 0.05) is 25.5 Å². The van der Waals surface area contributed by atoms with Gasteiger partial charge in [0.1, 0.15) is 5.82 Å². The van der Waals surface area contributed by atoms with Crippen molar-refractivity contribution in [3.63, 3.8) is 0 Å². The molecule has 0 aliphatic rings. The number of anilines is 1. The molecule has 1 aromatic rings. The van der Waals surface area contributed by atoms with Crippen molar-refractivity contribution < 1.29 is 24.5 Å². The van der Waals surface area contributed by atoms with Crippen molar-refractivity contribution in [3.05, 3.63) is 12.1 Å². The molecule has 0 saturated heterocycles. The zero-order chi connectivity index (χ0) is 20.6. The van der Waals surface area contributed by atoms with E-state index in [1.807, 2.05) is 12.1 Å². The summed E-state index contributed by atoms with van der Waals surface area (Å²) in [7, 11) is 1.59. The summed E-state index contributed by atoms with van der Waals surface area (Å²) in [6.45, 7) is 0.821. The van der Waals surface area contributed by atoms with Gasteiger partial charge in [-0.15, -0.1) is 11.8 Å². The lowest BCUT2D eigenvalue weighted by molar-refractivity contribution is -0.138. The zero-order valence-electron chi connectivity index (χ0n) is 16.6. The van der Waals surface area contributed by atoms with Crippen LogP contribution in [0, 0.1) is 0 Å². The van der Waals surface area contributed by atoms with Crippen molar-refractivity contribution in [2.24, 2.45) is 0 Å². The van der Waals surface area contributed by atoms with Crippen molar-refractivity contribution in [3.8, 4) is 5.88 Å². The number of hydrogen-bond acceptors (Lipinski definition) is 6. The van der Waals surface area contributed by atoms with Crippen molar-refractivity contribution in [2.45, 2.75) is 69.1 Å². The molecule has 3 N–H and O–H groups in total. The number of carbonyl (C=O) groups is 2. The number of ether oxygens (including phenoxy) is 1. The highest BCUT2D eigenvalue weighted by molar-refractivity contribution is 7.99. The first kappa shape index (κ1) is 24.1. The Hall–Kier alpha value is -1.96. The summed E-state index contributed by atoms with van der Waals surface area (Å²) in [6.07, 6.45) is 8.37. The number of unbranched alkanes of at least 4 members (excludes halogenated alkanes) is 6. The number of aromatic nitrogens is 1. The second kappa shape index (κ2) is 15.0. The van der Waals surface area contributed by atoms with Gasteiger partial charge in [-0.1, -0.05) is 32.1 Å². The smallest absolute Gasteiger partial charge is 0.303 e. The van der Waals surface area contributed by atoms with E-state index in [4.69, 9.17) is 14.9 Å². The Morgan fingerprint density at radius 2 is 1.57 bits per heavy atom. The minimum absolute atomic E-state index is 0.176. The van der Waals surface area contributed by atoms with Crippen LogP contribution in [0.3, 0.4) is 0 Å². The topological polar surface area (TPSA) is 109 Å². The van der Waals surface area contributed by atoms with Gasteiger partial charge in [0.2, 0.25) is 5.88 Å². The van der Waals surface area contributed by atoms with Gasteiger partial charge < -0.3 is 20.3 Å². The second-order valence-electron chi connectivity index (χ2n) is 6.59. The number of nitrogens with zero attached hydrogens (tertiary/aromatic N) is 1. The molecule has 158 valence electrons. The number of nitrogens with one attached hydrogen (secondary N) is 1. The maximum atomic E-state index is 10.6. The molecule has 0 aliphatic heterocycles. The molecular weight excluding hydrogens is 380 g/mol. The average molecular weight is 413 g/mol. The Morgan fingerprint density at radius 3 is 2.21 bits per heavy atom. The van der Waals surface area contributed by atoms with E-state index in [-0.39, 0.29) is 12.8 Å². The normalized spacial score (nSPS) is 10.6. The van der Waals surface area contributed by atoms with Gasteiger partial charge in [0.15, 0.2) is 0 Å². The van der Waals surface area contributed by atoms with Gasteiger partial charge in [-0.25, -0.2) is 0 Å². The quantitative estimate of drug-likeness (QED) is 0.250. The Labute approximate surface area is 171 Å². The lowest BCUT2D eigenvalue weighted by atomic mass is 10.1. The number of carboxylic acid groups (broad SMARTS) is 2. The number of methoxy groups -OCH3 is 1. The van der Waals surface area contributed by atoms with E-state index in [1.165, 1.54) is 0 Å². The largest absolute Gasteiger partial charge is 0.481 e. The van der Waals surface area contributed by atoms with Gasteiger partial charge in [0.25, 0.3) is 0 Å². The molecule has 0 unspecified atom stereocenters. The molecule has 7 nitrogen and oxygen atoms in total. The number of hydrogen-bond donors (Lipinski definition) is 3. The summed E-state index contributed by atoms with van der Waals surface area (Å²) in [6, 6.07) is 3.77. The molecular formula is C20H32N2O5S. The minimum Gasteiger partial charge on any atom is -0.481 e. The highest BCUT2D eigenvalue weighted by Gasteiger charge is 2.07. The molecule has 0 bridgehead atoms. The van der Waals surface area contributed by atoms with Crippen LogP contribution >= 0.6 is 11.8 Å². The fraction of sp³-hybridized carbons (Fsp3) is 0.650. The Balaban J connectivity index is 2.25. The van der Waals surface area contributed by atoms with E-state index < -0.39 is 11.9 Å². The first-order valence-electron chi connectivity index (χ1n) is 9.88. The lowest BCUT2D eigenvalue weighted by Gasteiger charge is -2.12. The molecule has 0 aromatic carbocycles. The Kier molecular flexibility index (Phi) is 12.9. The third kappa shape index (κ3) is 11.7. The van der Waals surface area contributed by atoms with E-state index in [2.05, 4.69) is 10.3 Å². The third-order valence-corrected chi connectivity index (χ3v) is 5.33. The van der Waals surface area contributed by atoms with Crippen LogP contribution in [0.5, 0.6) is 5.88 Å². The van der Waals surface area contributed by atoms with Crippen LogP contribution in [0.1, 0.15) is 64.2 Å². The highest BCUT2D eigenvalue weighted by Crippen LogP contribution is 2.28. The van der Waals surface area contributed by atoms with E-state index in [0.717, 1.165) is 68.0 Å². The van der Waals surface area contributed by atoms with E-state index in [1.54, 1.807) is 18.9 Å². The van der Waals surface area contributed by atoms with E-state index in [0.29, 0.717) is 12.3 Å². The first-order chi connectivity index (χ1) is 13.5. The minimum atomic E-state index is -0.770. The number of carboxylic acids is 2. The SMILES string of the molecule is COc1ccc(SCCCC(=O)O)c(NCCCCCCCCCC(=O)O)n1. The van der Waals surface area contributed by atoms with Crippen molar-refractivity contribution in [1.29, 1.82) is 0 Å². The zero-order valence-corrected chi connectivity index (χ0v) is 17.4. The number of aliphatic carboxylic acids is 2. The molecule has 0 radical (unpaired) electrons. The lowest BCUT2D eigenvalue weighted by Crippen LogP contribution is -2.05. The number of rotatable bonds is 17. The van der Waals surface area contributed by atoms with Crippen LogP contribution in [0.4, 0.5) is 5.82 Å². The second-order valence-corrected chi connectivity index (χ2v) is 7.73. The van der Waals surface area contributed by atoms with E-state index in [9.17, 15) is 9.59 Å². The van der Waals surface area contributed by atoms with E-state index >= 15 is 0 Å². The average Bonchev–Trinajstić information content (AvgIpc) is 2.66. The van der Waals surface area contributed by atoms with Crippen LogP contribution in [-0.4, -0.2) is 46.5 Å². The number of pyridine rings is 1. The van der Waals surface area contributed by atoms with Gasteiger partial charge in [-0.05, 0) is 31.1 Å². The first-order valence-corrected chi connectivity index (χ1v) is 10.9. The fourth-order valence-electron chi connectivity index (χ4n) is 2.68. The van der Waals surface area contributed by atoms with Crippen LogP contribution in [0.25, 0.3) is 0 Å². The molecule has 1 aromatic heterocycles. The number of thioether (sulfide) groups is 1. The molecule has 0 atom stereocenters. The summed E-state index contributed by atoms with van der Waals surface area (Å²) in [4.78, 5) is 26.5. The maximum Gasteiger partial charge on any atom is 0.303 e. The van der Waals surface area contributed by atoms with Crippen molar-refractivity contribution in [2.75, 3.05) is 24.7 Å². The molecule has 0 spiro atoms. The molecule has 8 heteroatoms. The summed E-state index contributed by atoms with van der Waals surface area (Å²) in [5, 5.41) is 20.7. The molecule has 28 heavy (non-hydrogen) atoms. The van der Waals surface area contributed by atoms with Crippen molar-refractivity contribution >= 4 is 29.5 Å². The molecule has 0 saturated carbocycles. The fourth-order valence-corrected chi connectivity index (χ4v) is 3.61. The standard InChI is InChI=1S/C20H32N2O5S/c1-27-17-13-12-16(28-15-9-11-19(25)26)20(22-17)21-14-8-6-4-2-3-5-7-10-18(23)24/h12-13H,2-11,14-15H2,1H3,(H,21,22)(H,23,24)(H,25,26). The van der Waals surface area contributed by atoms with Crippen LogP contribution in [-0.2, 0) is 9.59 Å². The molecule has 0 aliphatic carbocycles. The Morgan fingerprint density at radius 1 is 0.964 bits per heavy atom. The van der Waals surface area contributed by atoms with Gasteiger partial charge in [-0.3, -0.25) is 9.59 Å². The molecule has 0 amide bonds. The molecule has 0 fully saturated rings. The summed E-state index contributed by atoms with van der Waals surface area (Å²) in [5.74, 6) is 0.592. The predicted molar refractivity (Wildman–Crippen MR) is 111 cm³/mol. The van der Waals surface area contributed by atoms with Crippen molar-refractivity contribution in [1.82, 2.24) is 4.98 Å². The predicted octanol–water partition coefficient (Wildman–Crippen LogP) is 4.66. The third-order valence-electron chi connectivity index (χ3n) is 4.19. The van der Waals surface area contributed by atoms with Gasteiger partial charge in [-0.2, -0.15) is 4.98 Å². The maximum absolute atomic E-state index is 10.6. The highest BCUT2D eigenvalue weighted by atomic mass is 32.2. The van der Waals surface area contributed by atoms with Gasteiger partial charge >= 0.3 is 11.9 Å². The van der Waals surface area contributed by atoms with Crippen LogP contribution < -0.4 is 10.1 Å². The monoisotopic (exact) mass is 412 g/mol.